The number of ether oxygens (including phenoxy) is 1. The molecule has 1 aliphatic carbocycles. The maximum atomic E-state index is 15.1. The third-order valence-corrected chi connectivity index (χ3v) is 5.77. The molecule has 0 radical (unpaired) electrons. The van der Waals surface area contributed by atoms with Crippen molar-refractivity contribution in [1.82, 2.24) is 35.0 Å². The van der Waals surface area contributed by atoms with Crippen molar-refractivity contribution >= 4 is 5.82 Å². The molecule has 1 fully saturated rings. The zero-order valence-corrected chi connectivity index (χ0v) is 17.9. The van der Waals surface area contributed by atoms with E-state index >= 15 is 4.39 Å². The second kappa shape index (κ2) is 8.57. The minimum atomic E-state index is -1.10. The molecule has 0 atom stereocenters. The van der Waals surface area contributed by atoms with Gasteiger partial charge in [-0.05, 0) is 54.3 Å². The van der Waals surface area contributed by atoms with Crippen LogP contribution in [0.2, 0.25) is 0 Å². The van der Waals surface area contributed by atoms with Gasteiger partial charge in [-0.3, -0.25) is 4.68 Å². The van der Waals surface area contributed by atoms with Crippen molar-refractivity contribution in [2.45, 2.75) is 38.2 Å². The van der Waals surface area contributed by atoms with Crippen LogP contribution >= 0.6 is 0 Å². The molecule has 4 aromatic rings. The summed E-state index contributed by atoms with van der Waals surface area (Å²) in [7, 11) is 1.80. The Morgan fingerprint density at radius 2 is 1.88 bits per heavy atom. The Labute approximate surface area is 188 Å². The van der Waals surface area contributed by atoms with Gasteiger partial charge >= 0.3 is 0 Å². The van der Waals surface area contributed by atoms with Crippen LogP contribution in [-0.2, 0) is 7.05 Å². The molecule has 3 aromatic heterocycles. The molecule has 5 rings (SSSR count). The van der Waals surface area contributed by atoms with E-state index < -0.39 is 11.6 Å². The van der Waals surface area contributed by atoms with E-state index in [2.05, 4.69) is 25.6 Å². The highest BCUT2D eigenvalue weighted by Crippen LogP contribution is 2.32. The van der Waals surface area contributed by atoms with Crippen LogP contribution < -0.4 is 10.5 Å². The van der Waals surface area contributed by atoms with Gasteiger partial charge in [-0.15, -0.1) is 5.10 Å². The quantitative estimate of drug-likeness (QED) is 0.492. The highest BCUT2D eigenvalue weighted by Gasteiger charge is 2.24. The van der Waals surface area contributed by atoms with E-state index in [0.717, 1.165) is 47.9 Å². The molecule has 11 heteroatoms. The third-order valence-electron chi connectivity index (χ3n) is 5.77. The summed E-state index contributed by atoms with van der Waals surface area (Å²) in [5, 5.41) is 15.7. The Morgan fingerprint density at radius 3 is 2.64 bits per heavy atom. The Morgan fingerprint density at radius 1 is 1.06 bits per heavy atom. The second-order valence-electron chi connectivity index (χ2n) is 8.06. The maximum absolute atomic E-state index is 15.1. The van der Waals surface area contributed by atoms with Crippen molar-refractivity contribution in [3.63, 3.8) is 0 Å². The number of hydrogen-bond donors (Lipinski definition) is 1. The smallest absolute Gasteiger partial charge is 0.202 e. The molecule has 0 aliphatic heterocycles. The molecule has 170 valence electrons. The van der Waals surface area contributed by atoms with Crippen LogP contribution in [0.25, 0.3) is 28.2 Å². The van der Waals surface area contributed by atoms with Crippen molar-refractivity contribution in [2.75, 3.05) is 5.73 Å². The van der Waals surface area contributed by atoms with Crippen LogP contribution in [0.1, 0.15) is 32.1 Å². The van der Waals surface area contributed by atoms with Crippen molar-refractivity contribution < 1.29 is 13.5 Å². The standard InChI is InChI=1S/C22H22F2N8O/c1-31-12-14(11-27-31)13-9-16(21(25)26-10-13)22-28-29-30-32(22)17-7-8-18(20(24)19(17)23)33-15-5-3-2-4-6-15/h7-12,15H,2-6H2,1H3,(H2,25,26). The first-order valence-electron chi connectivity index (χ1n) is 10.7. The van der Waals surface area contributed by atoms with Gasteiger partial charge in [0.2, 0.25) is 5.82 Å². The summed E-state index contributed by atoms with van der Waals surface area (Å²) >= 11 is 0. The zero-order valence-electron chi connectivity index (χ0n) is 17.9. The summed E-state index contributed by atoms with van der Waals surface area (Å²) in [6.07, 6.45) is 9.84. The average molecular weight is 452 g/mol. The number of benzene rings is 1. The molecular formula is C22H22F2N8O. The van der Waals surface area contributed by atoms with Crippen LogP contribution in [0.3, 0.4) is 0 Å². The number of halogens is 2. The number of hydrogen-bond acceptors (Lipinski definition) is 7. The summed E-state index contributed by atoms with van der Waals surface area (Å²) in [6.45, 7) is 0. The molecule has 33 heavy (non-hydrogen) atoms. The minimum absolute atomic E-state index is 0.108. The van der Waals surface area contributed by atoms with Gasteiger partial charge in [0.05, 0.1) is 17.9 Å². The molecule has 0 bridgehead atoms. The number of anilines is 1. The molecule has 0 amide bonds. The molecule has 2 N–H and O–H groups in total. The van der Waals surface area contributed by atoms with E-state index in [1.54, 1.807) is 30.2 Å². The lowest BCUT2D eigenvalue weighted by Crippen LogP contribution is -2.20. The second-order valence-corrected chi connectivity index (χ2v) is 8.06. The fraction of sp³-hybridized carbons (Fsp3) is 0.318. The lowest BCUT2D eigenvalue weighted by molar-refractivity contribution is 0.147. The van der Waals surface area contributed by atoms with Crippen LogP contribution in [0, 0.1) is 11.6 Å². The van der Waals surface area contributed by atoms with Crippen LogP contribution in [0.5, 0.6) is 5.75 Å². The Hall–Kier alpha value is -3.89. The first-order valence-corrected chi connectivity index (χ1v) is 10.7. The van der Waals surface area contributed by atoms with Gasteiger partial charge in [0.15, 0.2) is 17.4 Å². The molecule has 3 heterocycles. The monoisotopic (exact) mass is 452 g/mol. The van der Waals surface area contributed by atoms with E-state index in [-0.39, 0.29) is 29.2 Å². The van der Waals surface area contributed by atoms with Gasteiger partial charge in [0.1, 0.15) is 11.5 Å². The van der Waals surface area contributed by atoms with Gasteiger partial charge in [-0.25, -0.2) is 9.37 Å². The van der Waals surface area contributed by atoms with Crippen molar-refractivity contribution in [2.24, 2.45) is 7.05 Å². The number of nitrogen functional groups attached to an aromatic ring is 1. The maximum Gasteiger partial charge on any atom is 0.202 e. The van der Waals surface area contributed by atoms with Crippen molar-refractivity contribution in [3.8, 4) is 34.0 Å². The molecular weight excluding hydrogens is 430 g/mol. The molecule has 1 aliphatic rings. The largest absolute Gasteiger partial charge is 0.487 e. The number of aromatic nitrogens is 7. The molecule has 1 aromatic carbocycles. The fourth-order valence-electron chi connectivity index (χ4n) is 4.04. The number of pyridine rings is 1. The van der Waals surface area contributed by atoms with Crippen LogP contribution in [0.4, 0.5) is 14.6 Å². The fourth-order valence-corrected chi connectivity index (χ4v) is 4.04. The molecule has 0 spiro atoms. The summed E-state index contributed by atoms with van der Waals surface area (Å²) < 4.78 is 38.5. The van der Waals surface area contributed by atoms with E-state index in [0.29, 0.717) is 5.56 Å². The Kier molecular flexibility index (Phi) is 5.45. The van der Waals surface area contributed by atoms with Crippen molar-refractivity contribution in [1.29, 1.82) is 0 Å². The molecule has 1 saturated carbocycles. The summed E-state index contributed by atoms with van der Waals surface area (Å²) in [4.78, 5) is 4.22. The van der Waals surface area contributed by atoms with Crippen LogP contribution in [-0.4, -0.2) is 41.1 Å². The first-order chi connectivity index (χ1) is 16.0. The van der Waals surface area contributed by atoms with E-state index in [4.69, 9.17) is 10.5 Å². The number of nitrogens with two attached hydrogens (primary N) is 1. The summed E-state index contributed by atoms with van der Waals surface area (Å²) in [5.74, 6) is -2.01. The van der Waals surface area contributed by atoms with Gasteiger partial charge in [0, 0.05) is 30.6 Å². The lowest BCUT2D eigenvalue weighted by atomic mass is 9.98. The molecule has 9 nitrogen and oxygen atoms in total. The summed E-state index contributed by atoms with van der Waals surface area (Å²) in [6, 6.07) is 4.53. The van der Waals surface area contributed by atoms with Gasteiger partial charge in [-0.1, -0.05) is 6.42 Å². The minimum Gasteiger partial charge on any atom is -0.487 e. The predicted molar refractivity (Wildman–Crippen MR) is 116 cm³/mol. The number of rotatable bonds is 5. The topological polar surface area (TPSA) is 110 Å². The van der Waals surface area contributed by atoms with Gasteiger partial charge in [-0.2, -0.15) is 14.2 Å². The molecule has 0 saturated heterocycles. The SMILES string of the molecule is Cn1cc(-c2cnc(N)c(-c3nnnn3-c3ccc(OC4CCCCC4)c(F)c3F)c2)cn1. The van der Waals surface area contributed by atoms with Gasteiger partial charge in [0.25, 0.3) is 0 Å². The van der Waals surface area contributed by atoms with E-state index in [1.165, 1.54) is 12.1 Å². The summed E-state index contributed by atoms with van der Waals surface area (Å²) in [5.41, 5.74) is 7.84. The Bertz CT molecular complexity index is 1300. The normalized spacial score (nSPS) is 14.5. The third kappa shape index (κ3) is 4.01. The Balaban J connectivity index is 1.51. The highest BCUT2D eigenvalue weighted by molar-refractivity contribution is 5.76. The predicted octanol–water partition coefficient (Wildman–Crippen LogP) is 3.70. The lowest BCUT2D eigenvalue weighted by Gasteiger charge is -2.23. The first kappa shape index (κ1) is 21.0. The van der Waals surface area contributed by atoms with Crippen LogP contribution in [0.15, 0.2) is 36.8 Å². The highest BCUT2D eigenvalue weighted by atomic mass is 19.2. The number of tetrazole rings is 1. The molecule has 0 unspecified atom stereocenters. The number of nitrogens with zero attached hydrogens (tertiary/aromatic N) is 7. The van der Waals surface area contributed by atoms with E-state index in [1.807, 2.05) is 6.20 Å². The number of aryl methyl sites for hydroxylation is 1. The van der Waals surface area contributed by atoms with E-state index in [9.17, 15) is 4.39 Å². The van der Waals surface area contributed by atoms with Crippen molar-refractivity contribution in [3.05, 3.63) is 48.4 Å². The average Bonchev–Trinajstić information content (AvgIpc) is 3.47. The van der Waals surface area contributed by atoms with Gasteiger partial charge < -0.3 is 10.5 Å². The zero-order chi connectivity index (χ0) is 22.9.